The normalized spacial score (nSPS) is 12.0. The minimum atomic E-state index is -0.415. The number of hydrogen-bond acceptors (Lipinski definition) is 7. The van der Waals surface area contributed by atoms with Crippen molar-refractivity contribution in [3.8, 4) is 5.75 Å². The number of ether oxygens (including phenoxy) is 1. The summed E-state index contributed by atoms with van der Waals surface area (Å²) in [5, 5.41) is 5.54. The zero-order chi connectivity index (χ0) is 20.9. The number of aromatic nitrogens is 3. The number of nitrogens with two attached hydrogens (primary N) is 1. The lowest BCUT2D eigenvalue weighted by atomic mass is 10.1. The summed E-state index contributed by atoms with van der Waals surface area (Å²) in [6.45, 7) is 1.30. The van der Waals surface area contributed by atoms with Gasteiger partial charge in [-0.2, -0.15) is 0 Å². The maximum Gasteiger partial charge on any atom is 0.270 e. The summed E-state index contributed by atoms with van der Waals surface area (Å²) >= 11 is 0. The molecule has 0 saturated carbocycles. The van der Waals surface area contributed by atoms with Crippen molar-refractivity contribution in [2.45, 2.75) is 19.5 Å². The molecule has 152 valence electrons. The Balaban J connectivity index is 1.35. The van der Waals surface area contributed by atoms with Crippen LogP contribution in [0.15, 0.2) is 48.9 Å². The Morgan fingerprint density at radius 3 is 2.33 bits per heavy atom. The van der Waals surface area contributed by atoms with Gasteiger partial charge in [-0.3, -0.25) is 9.59 Å². The Morgan fingerprint density at radius 2 is 1.63 bits per heavy atom. The van der Waals surface area contributed by atoms with E-state index in [1.54, 1.807) is 18.3 Å². The Bertz CT molecular complexity index is 1080. The van der Waals surface area contributed by atoms with Crippen LogP contribution in [-0.4, -0.2) is 33.4 Å². The third-order valence-electron chi connectivity index (χ3n) is 4.64. The number of nitrogens with one attached hydrogen (secondary N) is 2. The van der Waals surface area contributed by atoms with Crippen LogP contribution in [-0.2, 0) is 19.5 Å². The highest BCUT2D eigenvalue weighted by Crippen LogP contribution is 2.25. The summed E-state index contributed by atoms with van der Waals surface area (Å²) in [5.41, 5.74) is 8.67. The minimum Gasteiger partial charge on any atom is -0.493 e. The topological polar surface area (TPSA) is 132 Å². The molecule has 2 amide bonds. The Kier molecular flexibility index (Phi) is 5.51. The summed E-state index contributed by atoms with van der Waals surface area (Å²) in [6, 6.07) is 10.6. The summed E-state index contributed by atoms with van der Waals surface area (Å²) in [4.78, 5) is 36.7. The number of anilines is 1. The summed E-state index contributed by atoms with van der Waals surface area (Å²) < 4.78 is 5.49. The minimum absolute atomic E-state index is 0.105. The van der Waals surface area contributed by atoms with Crippen LogP contribution >= 0.6 is 0 Å². The third-order valence-corrected chi connectivity index (χ3v) is 4.64. The molecule has 1 aliphatic rings. The predicted molar refractivity (Wildman–Crippen MR) is 109 cm³/mol. The second-order valence-corrected chi connectivity index (χ2v) is 6.79. The van der Waals surface area contributed by atoms with Gasteiger partial charge in [-0.05, 0) is 28.8 Å². The van der Waals surface area contributed by atoms with Gasteiger partial charge in [0.2, 0.25) is 0 Å². The highest BCUT2D eigenvalue weighted by Gasteiger charge is 2.15. The van der Waals surface area contributed by atoms with E-state index in [9.17, 15) is 9.59 Å². The van der Waals surface area contributed by atoms with Gasteiger partial charge >= 0.3 is 0 Å². The average molecular weight is 404 g/mol. The molecule has 3 heterocycles. The van der Waals surface area contributed by atoms with Crippen LogP contribution in [0.3, 0.4) is 0 Å². The van der Waals surface area contributed by atoms with Gasteiger partial charge in [0.05, 0.1) is 6.61 Å². The molecule has 30 heavy (non-hydrogen) atoms. The molecule has 0 aliphatic carbocycles. The van der Waals surface area contributed by atoms with Gasteiger partial charge in [-0.25, -0.2) is 15.0 Å². The molecule has 0 fully saturated rings. The van der Waals surface area contributed by atoms with Crippen molar-refractivity contribution in [3.05, 3.63) is 77.0 Å². The lowest BCUT2D eigenvalue weighted by Gasteiger charge is -2.08. The average Bonchev–Trinajstić information content (AvgIpc) is 3.25. The van der Waals surface area contributed by atoms with Gasteiger partial charge in [0.1, 0.15) is 29.3 Å². The van der Waals surface area contributed by atoms with Crippen molar-refractivity contribution in [1.82, 2.24) is 25.6 Å². The molecule has 9 heteroatoms. The molecule has 0 saturated heterocycles. The molecule has 0 unspecified atom stereocenters. The fourth-order valence-corrected chi connectivity index (χ4v) is 3.04. The first-order valence-corrected chi connectivity index (χ1v) is 9.42. The van der Waals surface area contributed by atoms with Crippen molar-refractivity contribution in [2.75, 3.05) is 12.3 Å². The maximum atomic E-state index is 12.5. The molecule has 1 aliphatic heterocycles. The first-order chi connectivity index (χ1) is 14.6. The Labute approximate surface area is 172 Å². The first kappa shape index (κ1) is 19.3. The van der Waals surface area contributed by atoms with Crippen LogP contribution in [0, 0.1) is 0 Å². The maximum absolute atomic E-state index is 12.5. The van der Waals surface area contributed by atoms with Gasteiger partial charge in [-0.15, -0.1) is 0 Å². The highest BCUT2D eigenvalue weighted by molar-refractivity contribution is 5.97. The van der Waals surface area contributed by atoms with Gasteiger partial charge in [0.15, 0.2) is 0 Å². The Hall–Kier alpha value is -4.01. The lowest BCUT2D eigenvalue weighted by molar-refractivity contribution is 0.0944. The number of rotatable bonds is 6. The number of nitrogens with zero attached hydrogens (tertiary/aromatic N) is 3. The molecule has 1 aromatic carbocycles. The predicted octanol–water partition coefficient (Wildman–Crippen LogP) is 1.25. The van der Waals surface area contributed by atoms with Crippen LogP contribution in [0.25, 0.3) is 0 Å². The SMILES string of the molecule is Nc1ccc(CNC(=O)c2cc(C(=O)NCc3ccc4c(c3)CCO4)ncn2)cn1. The second-order valence-electron chi connectivity index (χ2n) is 6.79. The number of carbonyl (C=O) groups is 2. The van der Waals surface area contributed by atoms with Crippen molar-refractivity contribution < 1.29 is 14.3 Å². The lowest BCUT2D eigenvalue weighted by Crippen LogP contribution is -2.27. The van der Waals surface area contributed by atoms with Crippen molar-refractivity contribution in [1.29, 1.82) is 0 Å². The third kappa shape index (κ3) is 4.52. The molecular formula is C21H20N6O3. The smallest absolute Gasteiger partial charge is 0.270 e. The Morgan fingerprint density at radius 1 is 0.933 bits per heavy atom. The quantitative estimate of drug-likeness (QED) is 0.563. The molecule has 4 N–H and O–H groups in total. The van der Waals surface area contributed by atoms with E-state index in [2.05, 4.69) is 25.6 Å². The largest absolute Gasteiger partial charge is 0.493 e. The van der Waals surface area contributed by atoms with E-state index in [-0.39, 0.29) is 23.8 Å². The molecule has 0 radical (unpaired) electrons. The fourth-order valence-electron chi connectivity index (χ4n) is 3.04. The molecule has 0 atom stereocenters. The van der Waals surface area contributed by atoms with Crippen molar-refractivity contribution >= 4 is 17.6 Å². The summed E-state index contributed by atoms with van der Waals surface area (Å²) in [5.74, 6) is 0.504. The number of nitrogen functional groups attached to an aromatic ring is 1. The molecular weight excluding hydrogens is 384 g/mol. The summed E-state index contributed by atoms with van der Waals surface area (Å²) in [7, 11) is 0. The highest BCUT2D eigenvalue weighted by atomic mass is 16.5. The zero-order valence-electron chi connectivity index (χ0n) is 16.1. The van der Waals surface area contributed by atoms with Crippen molar-refractivity contribution in [2.24, 2.45) is 0 Å². The van der Waals surface area contributed by atoms with E-state index in [4.69, 9.17) is 10.5 Å². The molecule has 0 bridgehead atoms. The second kappa shape index (κ2) is 8.56. The van der Waals surface area contributed by atoms with E-state index < -0.39 is 5.91 Å². The van der Waals surface area contributed by atoms with Gasteiger partial charge < -0.3 is 21.1 Å². The zero-order valence-corrected chi connectivity index (χ0v) is 16.1. The summed E-state index contributed by atoms with van der Waals surface area (Å²) in [6.07, 6.45) is 3.65. The number of carbonyl (C=O) groups excluding carboxylic acids is 2. The fraction of sp³-hybridized carbons (Fsp3) is 0.190. The molecule has 0 spiro atoms. The number of benzene rings is 1. The van der Waals surface area contributed by atoms with E-state index in [1.807, 2.05) is 18.2 Å². The van der Waals surface area contributed by atoms with E-state index in [0.717, 1.165) is 28.9 Å². The van der Waals surface area contributed by atoms with E-state index >= 15 is 0 Å². The van der Waals surface area contributed by atoms with Crippen LogP contribution in [0.2, 0.25) is 0 Å². The van der Waals surface area contributed by atoms with Crippen LogP contribution in [0.1, 0.15) is 37.7 Å². The van der Waals surface area contributed by atoms with Crippen LogP contribution < -0.4 is 21.1 Å². The number of hydrogen-bond donors (Lipinski definition) is 3. The van der Waals surface area contributed by atoms with E-state index in [0.29, 0.717) is 19.0 Å². The van der Waals surface area contributed by atoms with Gasteiger partial charge in [0, 0.05) is 31.8 Å². The van der Waals surface area contributed by atoms with E-state index in [1.165, 1.54) is 12.4 Å². The number of fused-ring (bicyclic) bond motifs is 1. The molecule has 4 rings (SSSR count). The van der Waals surface area contributed by atoms with Crippen LogP contribution in [0.4, 0.5) is 5.82 Å². The molecule has 3 aromatic rings. The first-order valence-electron chi connectivity index (χ1n) is 9.42. The van der Waals surface area contributed by atoms with Gasteiger partial charge in [-0.1, -0.05) is 18.2 Å². The standard InChI is InChI=1S/C21H20N6O3/c22-19-4-2-14(10-23-19)11-25-21(29)17-8-16(26-12-27-17)20(28)24-9-13-1-3-18-15(7-13)5-6-30-18/h1-4,7-8,10,12H,5-6,9,11H2,(H2,22,23)(H,24,28)(H,25,29). The van der Waals surface area contributed by atoms with Crippen molar-refractivity contribution in [3.63, 3.8) is 0 Å². The van der Waals surface area contributed by atoms with Gasteiger partial charge in [0.25, 0.3) is 11.8 Å². The molecule has 2 aromatic heterocycles. The molecule has 9 nitrogen and oxygen atoms in total. The monoisotopic (exact) mass is 404 g/mol. The number of pyridine rings is 1. The number of amides is 2. The van der Waals surface area contributed by atoms with Crippen LogP contribution in [0.5, 0.6) is 5.75 Å².